The molecule has 134 valence electrons. The lowest BCUT2D eigenvalue weighted by atomic mass is 10.1. The Labute approximate surface area is 149 Å². The van der Waals surface area contributed by atoms with Gasteiger partial charge in [0.25, 0.3) is 5.91 Å². The Balaban J connectivity index is 1.93. The van der Waals surface area contributed by atoms with Crippen LogP contribution in [0, 0.1) is 13.8 Å². The van der Waals surface area contributed by atoms with E-state index in [1.165, 1.54) is 10.7 Å². The van der Waals surface area contributed by atoms with Crippen molar-refractivity contribution in [1.82, 2.24) is 20.4 Å². The number of nitrogens with one attached hydrogen (secondary N) is 2. The molecule has 0 saturated carbocycles. The highest BCUT2D eigenvalue weighted by Crippen LogP contribution is 2.14. The summed E-state index contributed by atoms with van der Waals surface area (Å²) in [4.78, 5) is 47.7. The van der Waals surface area contributed by atoms with Crippen molar-refractivity contribution < 1.29 is 14.4 Å². The van der Waals surface area contributed by atoms with Crippen molar-refractivity contribution in [3.05, 3.63) is 57.5 Å². The van der Waals surface area contributed by atoms with Crippen LogP contribution in [0.25, 0.3) is 5.69 Å². The second kappa shape index (κ2) is 6.91. The zero-order valence-electron chi connectivity index (χ0n) is 14.4. The van der Waals surface area contributed by atoms with E-state index in [-0.39, 0.29) is 24.4 Å². The summed E-state index contributed by atoms with van der Waals surface area (Å²) in [6.45, 7) is 3.63. The first-order valence-corrected chi connectivity index (χ1v) is 8.18. The maximum Gasteiger partial charge on any atom is 0.276 e. The zero-order chi connectivity index (χ0) is 18.8. The van der Waals surface area contributed by atoms with Crippen LogP contribution in [0.5, 0.6) is 0 Å². The molecule has 8 heteroatoms. The van der Waals surface area contributed by atoms with Crippen molar-refractivity contribution in [2.45, 2.75) is 32.7 Å². The number of para-hydroxylation sites is 1. The summed E-state index contributed by atoms with van der Waals surface area (Å²) in [6.07, 6.45) is 0.319. The maximum atomic E-state index is 12.5. The van der Waals surface area contributed by atoms with E-state index in [9.17, 15) is 19.2 Å². The summed E-state index contributed by atoms with van der Waals surface area (Å²) < 4.78 is 1.52. The molecule has 2 aromatic rings. The summed E-state index contributed by atoms with van der Waals surface area (Å²) in [5.74, 6) is -1.70. The Morgan fingerprint density at radius 1 is 1.23 bits per heavy atom. The second-order valence-electron chi connectivity index (χ2n) is 6.17. The Morgan fingerprint density at radius 2 is 1.96 bits per heavy atom. The van der Waals surface area contributed by atoms with Crippen LogP contribution in [0.15, 0.2) is 35.1 Å². The van der Waals surface area contributed by atoms with Crippen molar-refractivity contribution >= 4 is 17.7 Å². The zero-order valence-corrected chi connectivity index (χ0v) is 14.4. The lowest BCUT2D eigenvalue weighted by molar-refractivity contribution is -0.134. The number of aryl methyl sites for hydroxylation is 2. The van der Waals surface area contributed by atoms with Gasteiger partial charge in [-0.2, -0.15) is 5.10 Å². The number of carbonyl (C=O) groups excluding carboxylic acids is 3. The Kier molecular flexibility index (Phi) is 4.66. The number of amides is 3. The standard InChI is InChI=1S/C18H18N4O4/c1-10-5-3-4-6-13(10)22-11(2)9-14(23)16(21-22)18(26)19-12-7-8-15(24)20-17(12)25/h3-6,9,12H,7-8H2,1-2H3,(H,19,26)(H,20,24,25). The average molecular weight is 354 g/mol. The highest BCUT2D eigenvalue weighted by molar-refractivity contribution is 6.03. The molecular formula is C18H18N4O4. The first-order valence-electron chi connectivity index (χ1n) is 8.18. The van der Waals surface area contributed by atoms with Gasteiger partial charge in [-0.05, 0) is 31.9 Å². The highest BCUT2D eigenvalue weighted by atomic mass is 16.2. The molecule has 0 bridgehead atoms. The van der Waals surface area contributed by atoms with Gasteiger partial charge in [0.15, 0.2) is 5.69 Å². The van der Waals surface area contributed by atoms with Gasteiger partial charge in [0, 0.05) is 18.2 Å². The fourth-order valence-corrected chi connectivity index (χ4v) is 2.81. The van der Waals surface area contributed by atoms with Gasteiger partial charge < -0.3 is 5.32 Å². The normalized spacial score (nSPS) is 16.9. The van der Waals surface area contributed by atoms with Crippen LogP contribution in [-0.2, 0) is 9.59 Å². The van der Waals surface area contributed by atoms with Crippen molar-refractivity contribution in [2.75, 3.05) is 0 Å². The number of hydrogen-bond acceptors (Lipinski definition) is 5. The minimum atomic E-state index is -0.866. The molecule has 1 aromatic carbocycles. The summed E-state index contributed by atoms with van der Waals surface area (Å²) in [5, 5.41) is 8.84. The number of aromatic nitrogens is 2. The minimum Gasteiger partial charge on any atom is -0.339 e. The third kappa shape index (κ3) is 3.39. The predicted molar refractivity (Wildman–Crippen MR) is 92.9 cm³/mol. The van der Waals surface area contributed by atoms with Crippen LogP contribution in [0.4, 0.5) is 0 Å². The molecule has 1 unspecified atom stereocenters. The number of carbonyl (C=O) groups is 3. The van der Waals surface area contributed by atoms with Crippen molar-refractivity contribution in [3.63, 3.8) is 0 Å². The number of benzene rings is 1. The molecule has 26 heavy (non-hydrogen) atoms. The van der Waals surface area contributed by atoms with Gasteiger partial charge in [-0.15, -0.1) is 0 Å². The van der Waals surface area contributed by atoms with E-state index < -0.39 is 23.3 Å². The molecule has 3 amide bonds. The largest absolute Gasteiger partial charge is 0.339 e. The third-order valence-corrected chi connectivity index (χ3v) is 4.21. The monoisotopic (exact) mass is 354 g/mol. The fraction of sp³-hybridized carbons (Fsp3) is 0.278. The van der Waals surface area contributed by atoms with Crippen LogP contribution in [0.1, 0.15) is 34.6 Å². The number of rotatable bonds is 3. The average Bonchev–Trinajstić information content (AvgIpc) is 2.58. The minimum absolute atomic E-state index is 0.130. The van der Waals surface area contributed by atoms with Gasteiger partial charge in [0.1, 0.15) is 6.04 Å². The summed E-state index contributed by atoms with van der Waals surface area (Å²) >= 11 is 0. The lowest BCUT2D eigenvalue weighted by Crippen LogP contribution is -2.53. The molecular weight excluding hydrogens is 336 g/mol. The van der Waals surface area contributed by atoms with Gasteiger partial charge in [-0.3, -0.25) is 24.5 Å². The first kappa shape index (κ1) is 17.5. The predicted octanol–water partition coefficient (Wildman–Crippen LogP) is 0.384. The first-order chi connectivity index (χ1) is 12.4. The SMILES string of the molecule is Cc1ccccc1-n1nc(C(=O)NC2CCC(=O)NC2=O)c(=O)cc1C. The molecule has 1 aromatic heterocycles. The molecule has 1 saturated heterocycles. The Bertz CT molecular complexity index is 964. The van der Waals surface area contributed by atoms with Crippen LogP contribution in [0.3, 0.4) is 0 Å². The smallest absolute Gasteiger partial charge is 0.276 e. The van der Waals surface area contributed by atoms with Crippen LogP contribution < -0.4 is 16.1 Å². The molecule has 1 atom stereocenters. The molecule has 2 heterocycles. The van der Waals surface area contributed by atoms with E-state index in [4.69, 9.17) is 0 Å². The summed E-state index contributed by atoms with van der Waals surface area (Å²) in [6, 6.07) is 7.92. The van der Waals surface area contributed by atoms with Crippen molar-refractivity contribution in [3.8, 4) is 5.69 Å². The molecule has 0 aliphatic carbocycles. The molecule has 0 radical (unpaired) electrons. The summed E-state index contributed by atoms with van der Waals surface area (Å²) in [7, 11) is 0. The van der Waals surface area contributed by atoms with Crippen molar-refractivity contribution in [2.24, 2.45) is 0 Å². The van der Waals surface area contributed by atoms with E-state index in [1.54, 1.807) is 6.92 Å². The number of hydrogen-bond donors (Lipinski definition) is 2. The third-order valence-electron chi connectivity index (χ3n) is 4.21. The Hall–Kier alpha value is -3.29. The van der Waals surface area contributed by atoms with Gasteiger partial charge in [0.05, 0.1) is 5.69 Å². The molecule has 2 N–H and O–H groups in total. The molecule has 3 rings (SSSR count). The number of imide groups is 1. The van der Waals surface area contributed by atoms with Crippen LogP contribution in [-0.4, -0.2) is 33.5 Å². The molecule has 1 aliphatic rings. The maximum absolute atomic E-state index is 12.5. The van der Waals surface area contributed by atoms with Crippen LogP contribution >= 0.6 is 0 Å². The molecule has 0 spiro atoms. The lowest BCUT2D eigenvalue weighted by Gasteiger charge is -2.21. The van der Waals surface area contributed by atoms with Gasteiger partial charge in [-0.25, -0.2) is 4.68 Å². The van der Waals surface area contributed by atoms with E-state index >= 15 is 0 Å². The van der Waals surface area contributed by atoms with E-state index in [1.807, 2.05) is 31.2 Å². The number of piperidine rings is 1. The van der Waals surface area contributed by atoms with E-state index in [0.717, 1.165) is 11.3 Å². The highest BCUT2D eigenvalue weighted by Gasteiger charge is 2.29. The topological polar surface area (TPSA) is 110 Å². The van der Waals surface area contributed by atoms with Gasteiger partial charge in [0.2, 0.25) is 17.2 Å². The molecule has 1 aliphatic heterocycles. The van der Waals surface area contributed by atoms with E-state index in [2.05, 4.69) is 15.7 Å². The van der Waals surface area contributed by atoms with E-state index in [0.29, 0.717) is 5.69 Å². The Morgan fingerprint density at radius 3 is 2.65 bits per heavy atom. The molecule has 8 nitrogen and oxygen atoms in total. The number of nitrogens with zero attached hydrogens (tertiary/aromatic N) is 2. The fourth-order valence-electron chi connectivity index (χ4n) is 2.81. The second-order valence-corrected chi connectivity index (χ2v) is 6.17. The van der Waals surface area contributed by atoms with Crippen LogP contribution in [0.2, 0.25) is 0 Å². The summed E-state index contributed by atoms with van der Waals surface area (Å²) in [5.41, 5.74) is 1.44. The quantitative estimate of drug-likeness (QED) is 0.775. The van der Waals surface area contributed by atoms with Gasteiger partial charge in [-0.1, -0.05) is 18.2 Å². The molecule has 1 fully saturated rings. The van der Waals surface area contributed by atoms with Gasteiger partial charge >= 0.3 is 0 Å². The van der Waals surface area contributed by atoms with Crippen molar-refractivity contribution in [1.29, 1.82) is 0 Å².